The van der Waals surface area contributed by atoms with Gasteiger partial charge in [-0.25, -0.2) is 22.8 Å². The number of nitrogens with one attached hydrogen (secondary N) is 1. The Kier molecular flexibility index (Phi) is 8.81. The zero-order chi connectivity index (χ0) is 28.2. The van der Waals surface area contributed by atoms with Crippen LogP contribution in [-0.2, 0) is 22.8 Å². The zero-order valence-corrected chi connectivity index (χ0v) is 23.5. The summed E-state index contributed by atoms with van der Waals surface area (Å²) in [4.78, 5) is 25.7. The second-order valence-corrected chi connectivity index (χ2v) is 11.8. The Labute approximate surface area is 228 Å². The molecule has 0 spiro atoms. The van der Waals surface area contributed by atoms with Crippen molar-refractivity contribution >= 4 is 21.7 Å². The summed E-state index contributed by atoms with van der Waals surface area (Å²) < 4.78 is 44.9. The van der Waals surface area contributed by atoms with Crippen molar-refractivity contribution < 1.29 is 22.3 Å². The number of nitrogens with zero attached hydrogens (tertiary/aromatic N) is 4. The van der Waals surface area contributed by atoms with Gasteiger partial charge in [-0.1, -0.05) is 13.0 Å². The summed E-state index contributed by atoms with van der Waals surface area (Å²) in [6.45, 7) is 4.29. The van der Waals surface area contributed by atoms with Crippen LogP contribution >= 0.6 is 0 Å². The Bertz CT molecular complexity index is 1450. The predicted octanol–water partition coefficient (Wildman–Crippen LogP) is 3.65. The van der Waals surface area contributed by atoms with E-state index in [4.69, 9.17) is 4.74 Å². The molecular weight excluding hydrogens is 521 g/mol. The van der Waals surface area contributed by atoms with E-state index in [0.29, 0.717) is 18.2 Å². The van der Waals surface area contributed by atoms with Gasteiger partial charge in [0.25, 0.3) is 5.91 Å². The maximum atomic E-state index is 15.1. The lowest BCUT2D eigenvalue weighted by atomic mass is 10.0. The molecular formula is C28H34FN5O4S. The number of fused-ring (bicyclic) bond motifs is 1. The summed E-state index contributed by atoms with van der Waals surface area (Å²) in [6, 6.07) is 8.30. The van der Waals surface area contributed by atoms with Crippen molar-refractivity contribution in [1.29, 1.82) is 0 Å². The fourth-order valence-electron chi connectivity index (χ4n) is 4.51. The van der Waals surface area contributed by atoms with Crippen molar-refractivity contribution in [3.63, 3.8) is 0 Å². The largest absolute Gasteiger partial charge is 0.491 e. The lowest BCUT2D eigenvalue weighted by molar-refractivity contribution is 0.0731. The minimum Gasteiger partial charge on any atom is -0.491 e. The standard InChI is InChI=1S/C28H34FN5O4S/c1-5-22-23(8-10-25(26(22)29)39(4,36)37)27(35)34-13-14-38-24-9-7-19(15-20(24)18-34)21-16-31-28(32-17-21)30-11-6-12-33(2)3/h7-10,15-17H,5-6,11-14,18H2,1-4H3,(H,30,31,32). The van der Waals surface area contributed by atoms with Crippen molar-refractivity contribution in [1.82, 2.24) is 19.8 Å². The molecule has 1 amide bonds. The number of carbonyl (C=O) groups excluding carboxylic acids is 1. The van der Waals surface area contributed by atoms with Gasteiger partial charge in [-0.05, 0) is 63.3 Å². The third-order valence-electron chi connectivity index (χ3n) is 6.57. The van der Waals surface area contributed by atoms with Gasteiger partial charge in [-0.3, -0.25) is 4.79 Å². The molecule has 208 valence electrons. The molecule has 0 bridgehead atoms. The summed E-state index contributed by atoms with van der Waals surface area (Å²) in [5.41, 5.74) is 2.75. The highest BCUT2D eigenvalue weighted by atomic mass is 32.2. The monoisotopic (exact) mass is 555 g/mol. The number of halogens is 1. The van der Waals surface area contributed by atoms with Gasteiger partial charge in [0, 0.05) is 54.0 Å². The Morgan fingerprint density at radius 2 is 1.90 bits per heavy atom. The molecule has 0 saturated heterocycles. The molecule has 39 heavy (non-hydrogen) atoms. The van der Waals surface area contributed by atoms with Crippen LogP contribution in [-0.4, -0.2) is 80.7 Å². The molecule has 3 aromatic rings. The third-order valence-corrected chi connectivity index (χ3v) is 7.68. The maximum Gasteiger partial charge on any atom is 0.254 e. The Balaban J connectivity index is 1.54. The Hall–Kier alpha value is -3.57. The van der Waals surface area contributed by atoms with E-state index in [0.717, 1.165) is 48.5 Å². The number of amides is 1. The van der Waals surface area contributed by atoms with Crippen molar-refractivity contribution in [2.24, 2.45) is 0 Å². The second kappa shape index (κ2) is 12.1. The van der Waals surface area contributed by atoms with E-state index < -0.39 is 20.5 Å². The van der Waals surface area contributed by atoms with E-state index in [-0.39, 0.29) is 36.6 Å². The van der Waals surface area contributed by atoms with E-state index in [1.165, 1.54) is 6.07 Å². The van der Waals surface area contributed by atoms with Crippen molar-refractivity contribution in [2.75, 3.05) is 51.9 Å². The van der Waals surface area contributed by atoms with Gasteiger partial charge in [0.2, 0.25) is 5.95 Å². The van der Waals surface area contributed by atoms with Gasteiger partial charge in [0.15, 0.2) is 9.84 Å². The summed E-state index contributed by atoms with van der Waals surface area (Å²) in [6.07, 6.45) is 5.62. The third kappa shape index (κ3) is 6.72. The molecule has 9 nitrogen and oxygen atoms in total. The molecule has 1 aliphatic rings. The first-order chi connectivity index (χ1) is 18.6. The molecule has 0 unspecified atom stereocenters. The number of benzene rings is 2. The van der Waals surface area contributed by atoms with E-state index in [1.807, 2.05) is 32.3 Å². The fourth-order valence-corrected chi connectivity index (χ4v) is 5.28. The van der Waals surface area contributed by atoms with Crippen LogP contribution in [0, 0.1) is 5.82 Å². The molecule has 2 heterocycles. The topological polar surface area (TPSA) is 105 Å². The van der Waals surface area contributed by atoms with Gasteiger partial charge < -0.3 is 19.9 Å². The van der Waals surface area contributed by atoms with E-state index in [9.17, 15) is 13.2 Å². The number of hydrogen-bond acceptors (Lipinski definition) is 8. The summed E-state index contributed by atoms with van der Waals surface area (Å²) >= 11 is 0. The first kappa shape index (κ1) is 28.4. The Morgan fingerprint density at radius 1 is 1.15 bits per heavy atom. The van der Waals surface area contributed by atoms with Gasteiger partial charge >= 0.3 is 0 Å². The average Bonchev–Trinajstić information content (AvgIpc) is 3.12. The molecule has 0 saturated carbocycles. The zero-order valence-electron chi connectivity index (χ0n) is 22.7. The number of hydrogen-bond donors (Lipinski definition) is 1. The molecule has 1 N–H and O–H groups in total. The van der Waals surface area contributed by atoms with Crippen molar-refractivity contribution in [2.45, 2.75) is 31.2 Å². The minimum absolute atomic E-state index is 0.0922. The quantitative estimate of drug-likeness (QED) is 0.399. The molecule has 1 aliphatic heterocycles. The van der Waals surface area contributed by atoms with Crippen molar-refractivity contribution in [3.05, 3.63) is 65.2 Å². The summed E-state index contributed by atoms with van der Waals surface area (Å²) in [7, 11) is 0.310. The molecule has 1 aromatic heterocycles. The lowest BCUT2D eigenvalue weighted by Crippen LogP contribution is -2.33. The SMILES string of the molecule is CCc1c(C(=O)N2CCOc3ccc(-c4cnc(NCCCN(C)C)nc4)cc3C2)ccc(S(C)(=O)=O)c1F. The first-order valence-corrected chi connectivity index (χ1v) is 14.7. The number of carbonyl (C=O) groups is 1. The average molecular weight is 556 g/mol. The number of sulfone groups is 1. The van der Waals surface area contributed by atoms with Gasteiger partial charge in [-0.2, -0.15) is 0 Å². The molecule has 0 radical (unpaired) electrons. The highest BCUT2D eigenvalue weighted by molar-refractivity contribution is 7.90. The van der Waals surface area contributed by atoms with Crippen molar-refractivity contribution in [3.8, 4) is 16.9 Å². The van der Waals surface area contributed by atoms with Crippen LogP contribution in [0.3, 0.4) is 0 Å². The smallest absolute Gasteiger partial charge is 0.254 e. The van der Waals surface area contributed by atoms with E-state index in [2.05, 4.69) is 20.2 Å². The summed E-state index contributed by atoms with van der Waals surface area (Å²) in [5, 5.41) is 3.22. The van der Waals surface area contributed by atoms with Crippen LogP contribution in [0.4, 0.5) is 10.3 Å². The van der Waals surface area contributed by atoms with Crippen LogP contribution in [0.2, 0.25) is 0 Å². The molecule has 2 aromatic carbocycles. The molecule has 0 atom stereocenters. The second-order valence-electron chi connectivity index (χ2n) is 9.81. The highest BCUT2D eigenvalue weighted by Crippen LogP contribution is 2.30. The lowest BCUT2D eigenvalue weighted by Gasteiger charge is -2.22. The molecule has 4 rings (SSSR count). The fraction of sp³-hybridized carbons (Fsp3) is 0.393. The van der Waals surface area contributed by atoms with Gasteiger partial charge in [0.05, 0.1) is 6.54 Å². The number of aromatic nitrogens is 2. The van der Waals surface area contributed by atoms with Crippen LogP contribution < -0.4 is 10.1 Å². The molecule has 0 aliphatic carbocycles. The minimum atomic E-state index is -3.76. The molecule has 11 heteroatoms. The summed E-state index contributed by atoms with van der Waals surface area (Å²) in [5.74, 6) is -0.00684. The van der Waals surface area contributed by atoms with Gasteiger partial charge in [-0.15, -0.1) is 0 Å². The van der Waals surface area contributed by atoms with Crippen LogP contribution in [0.25, 0.3) is 11.1 Å². The normalized spacial score (nSPS) is 13.5. The van der Waals surface area contributed by atoms with Gasteiger partial charge in [0.1, 0.15) is 23.1 Å². The van der Waals surface area contributed by atoms with Crippen LogP contribution in [0.5, 0.6) is 5.75 Å². The number of rotatable bonds is 9. The van der Waals surface area contributed by atoms with E-state index >= 15 is 4.39 Å². The Morgan fingerprint density at radius 3 is 2.56 bits per heavy atom. The maximum absolute atomic E-state index is 15.1. The van der Waals surface area contributed by atoms with Crippen LogP contribution in [0.1, 0.15) is 34.8 Å². The number of ether oxygens (including phenoxy) is 1. The van der Waals surface area contributed by atoms with E-state index in [1.54, 1.807) is 24.2 Å². The predicted molar refractivity (Wildman–Crippen MR) is 148 cm³/mol. The van der Waals surface area contributed by atoms with Crippen LogP contribution in [0.15, 0.2) is 47.6 Å². The highest BCUT2D eigenvalue weighted by Gasteiger charge is 2.27. The molecule has 0 fully saturated rings. The first-order valence-electron chi connectivity index (χ1n) is 12.9. The number of anilines is 1.